The van der Waals surface area contributed by atoms with Gasteiger partial charge >= 0.3 is 0 Å². The predicted octanol–water partition coefficient (Wildman–Crippen LogP) is 2.03. The van der Waals surface area contributed by atoms with Gasteiger partial charge in [0.25, 0.3) is 0 Å². The van der Waals surface area contributed by atoms with E-state index in [4.69, 9.17) is 5.26 Å². The van der Waals surface area contributed by atoms with Crippen molar-refractivity contribution in [1.82, 2.24) is 5.32 Å². The number of hydrogen-bond donors (Lipinski definition) is 1. The summed E-state index contributed by atoms with van der Waals surface area (Å²) in [6, 6.07) is 9.99. The topological polar surface area (TPSA) is 56.1 Å². The summed E-state index contributed by atoms with van der Waals surface area (Å²) < 4.78 is 0. The molecule has 4 heteroatoms. The van der Waals surface area contributed by atoms with Crippen molar-refractivity contribution in [3.05, 3.63) is 29.8 Å². The number of nitrogens with zero attached hydrogens (tertiary/aromatic N) is 2. The fourth-order valence-corrected chi connectivity index (χ4v) is 2.36. The zero-order valence-corrected chi connectivity index (χ0v) is 11.4. The van der Waals surface area contributed by atoms with E-state index < -0.39 is 0 Å². The minimum Gasteiger partial charge on any atom is -0.357 e. The maximum absolute atomic E-state index is 11.8. The SMILES string of the molecule is CC(C)c1ccc(N2CCNC(=O)C2CC#N)cc1. The maximum Gasteiger partial charge on any atom is 0.243 e. The number of carbonyl (C=O) groups excluding carboxylic acids is 1. The zero-order valence-electron chi connectivity index (χ0n) is 11.4. The third-order valence-corrected chi connectivity index (χ3v) is 3.51. The number of piperazine rings is 1. The Hall–Kier alpha value is -2.02. The molecule has 0 saturated carbocycles. The van der Waals surface area contributed by atoms with Crippen molar-refractivity contribution in [2.75, 3.05) is 18.0 Å². The van der Waals surface area contributed by atoms with Gasteiger partial charge in [-0.3, -0.25) is 4.79 Å². The summed E-state index contributed by atoms with van der Waals surface area (Å²) in [6.45, 7) is 5.69. The molecule has 19 heavy (non-hydrogen) atoms. The van der Waals surface area contributed by atoms with E-state index in [1.807, 2.05) is 17.0 Å². The van der Waals surface area contributed by atoms with Crippen LogP contribution in [0.1, 0.15) is 31.7 Å². The highest BCUT2D eigenvalue weighted by atomic mass is 16.2. The highest BCUT2D eigenvalue weighted by Gasteiger charge is 2.29. The van der Waals surface area contributed by atoms with Crippen LogP contribution in [0.3, 0.4) is 0 Å². The summed E-state index contributed by atoms with van der Waals surface area (Å²) in [5, 5.41) is 11.7. The van der Waals surface area contributed by atoms with Crippen LogP contribution in [0.15, 0.2) is 24.3 Å². The third kappa shape index (κ3) is 2.87. The molecule has 1 atom stereocenters. The quantitative estimate of drug-likeness (QED) is 0.901. The highest BCUT2D eigenvalue weighted by Crippen LogP contribution is 2.23. The summed E-state index contributed by atoms with van der Waals surface area (Å²) in [4.78, 5) is 13.9. The number of anilines is 1. The van der Waals surface area contributed by atoms with Gasteiger partial charge < -0.3 is 10.2 Å². The second-order valence-electron chi connectivity index (χ2n) is 5.11. The largest absolute Gasteiger partial charge is 0.357 e. The van der Waals surface area contributed by atoms with E-state index in [0.717, 1.165) is 12.2 Å². The van der Waals surface area contributed by atoms with Crippen LogP contribution >= 0.6 is 0 Å². The molecule has 1 aliphatic heterocycles. The van der Waals surface area contributed by atoms with Crippen LogP contribution in [0.4, 0.5) is 5.69 Å². The fraction of sp³-hybridized carbons (Fsp3) is 0.467. The van der Waals surface area contributed by atoms with Gasteiger partial charge in [0.2, 0.25) is 5.91 Å². The first-order valence-electron chi connectivity index (χ1n) is 6.64. The molecule has 0 radical (unpaired) electrons. The molecule has 0 aliphatic carbocycles. The Kier molecular flexibility index (Phi) is 4.06. The van der Waals surface area contributed by atoms with Gasteiger partial charge in [0.05, 0.1) is 12.5 Å². The van der Waals surface area contributed by atoms with Gasteiger partial charge in [0.1, 0.15) is 6.04 Å². The second kappa shape index (κ2) is 5.75. The first kappa shape index (κ1) is 13.4. The molecule has 0 aromatic heterocycles. The van der Waals surface area contributed by atoms with E-state index in [1.165, 1.54) is 5.56 Å². The Bertz CT molecular complexity index is 487. The van der Waals surface area contributed by atoms with Gasteiger partial charge in [-0.2, -0.15) is 5.26 Å². The summed E-state index contributed by atoms with van der Waals surface area (Å²) in [6.07, 6.45) is 0.220. The smallest absolute Gasteiger partial charge is 0.243 e. The van der Waals surface area contributed by atoms with Crippen LogP contribution in [0, 0.1) is 11.3 Å². The maximum atomic E-state index is 11.8. The van der Waals surface area contributed by atoms with Crippen molar-refractivity contribution in [3.63, 3.8) is 0 Å². The average molecular weight is 257 g/mol. The molecule has 0 spiro atoms. The monoisotopic (exact) mass is 257 g/mol. The molecular weight excluding hydrogens is 238 g/mol. The van der Waals surface area contributed by atoms with E-state index in [9.17, 15) is 4.79 Å². The Labute approximate surface area is 114 Å². The van der Waals surface area contributed by atoms with E-state index in [2.05, 4.69) is 37.4 Å². The first-order valence-corrected chi connectivity index (χ1v) is 6.64. The molecule has 1 N–H and O–H groups in total. The van der Waals surface area contributed by atoms with Crippen molar-refractivity contribution in [1.29, 1.82) is 5.26 Å². The molecule has 0 bridgehead atoms. The number of hydrogen-bond acceptors (Lipinski definition) is 3. The van der Waals surface area contributed by atoms with Crippen LogP contribution in [0.5, 0.6) is 0 Å². The number of carbonyl (C=O) groups is 1. The van der Waals surface area contributed by atoms with Gasteiger partial charge in [-0.15, -0.1) is 0 Å². The lowest BCUT2D eigenvalue weighted by atomic mass is 10.0. The van der Waals surface area contributed by atoms with Crippen molar-refractivity contribution in [2.45, 2.75) is 32.2 Å². The average Bonchev–Trinajstić information content (AvgIpc) is 2.41. The van der Waals surface area contributed by atoms with Gasteiger partial charge in [-0.25, -0.2) is 0 Å². The first-order chi connectivity index (χ1) is 9.13. The Morgan fingerprint density at radius 1 is 1.42 bits per heavy atom. The highest BCUT2D eigenvalue weighted by molar-refractivity contribution is 5.86. The van der Waals surface area contributed by atoms with Crippen LogP contribution in [-0.2, 0) is 4.79 Å². The van der Waals surface area contributed by atoms with Gasteiger partial charge in [0, 0.05) is 18.8 Å². The molecular formula is C15H19N3O. The van der Waals surface area contributed by atoms with Crippen LogP contribution in [0.2, 0.25) is 0 Å². The normalized spacial score (nSPS) is 19.2. The molecule has 1 saturated heterocycles. The zero-order chi connectivity index (χ0) is 13.8. The lowest BCUT2D eigenvalue weighted by Crippen LogP contribution is -2.55. The summed E-state index contributed by atoms with van der Waals surface area (Å²) >= 11 is 0. The molecule has 2 rings (SSSR count). The number of amides is 1. The molecule has 1 aromatic rings. The van der Waals surface area contributed by atoms with Crippen molar-refractivity contribution >= 4 is 11.6 Å². The van der Waals surface area contributed by atoms with E-state index in [-0.39, 0.29) is 18.4 Å². The third-order valence-electron chi connectivity index (χ3n) is 3.51. The molecule has 1 aliphatic rings. The van der Waals surface area contributed by atoms with Crippen molar-refractivity contribution in [2.24, 2.45) is 0 Å². The van der Waals surface area contributed by atoms with Crippen LogP contribution < -0.4 is 10.2 Å². The Balaban J connectivity index is 2.23. The van der Waals surface area contributed by atoms with Gasteiger partial charge in [-0.1, -0.05) is 26.0 Å². The Morgan fingerprint density at radius 2 is 2.11 bits per heavy atom. The van der Waals surface area contributed by atoms with Crippen LogP contribution in [-0.4, -0.2) is 25.0 Å². The summed E-state index contributed by atoms with van der Waals surface area (Å²) in [5.41, 5.74) is 2.29. The number of nitrogens with one attached hydrogen (secondary N) is 1. The lowest BCUT2D eigenvalue weighted by molar-refractivity contribution is -0.123. The van der Waals surface area contributed by atoms with E-state index >= 15 is 0 Å². The summed E-state index contributed by atoms with van der Waals surface area (Å²) in [7, 11) is 0. The van der Waals surface area contributed by atoms with Crippen molar-refractivity contribution in [3.8, 4) is 6.07 Å². The van der Waals surface area contributed by atoms with E-state index in [0.29, 0.717) is 12.5 Å². The molecule has 100 valence electrons. The molecule has 1 unspecified atom stereocenters. The Morgan fingerprint density at radius 3 is 2.68 bits per heavy atom. The van der Waals surface area contributed by atoms with Crippen molar-refractivity contribution < 1.29 is 4.79 Å². The summed E-state index contributed by atoms with van der Waals surface area (Å²) in [5.74, 6) is 0.439. The number of benzene rings is 1. The second-order valence-corrected chi connectivity index (χ2v) is 5.11. The fourth-order valence-electron chi connectivity index (χ4n) is 2.36. The molecule has 1 fully saturated rings. The van der Waals surface area contributed by atoms with Crippen LogP contribution in [0.25, 0.3) is 0 Å². The van der Waals surface area contributed by atoms with E-state index in [1.54, 1.807) is 0 Å². The molecule has 1 amide bonds. The minimum absolute atomic E-state index is 0.0549. The van der Waals surface area contributed by atoms with Gasteiger partial charge in [0.15, 0.2) is 0 Å². The lowest BCUT2D eigenvalue weighted by Gasteiger charge is -2.35. The predicted molar refractivity (Wildman–Crippen MR) is 74.9 cm³/mol. The number of nitriles is 1. The molecule has 1 heterocycles. The minimum atomic E-state index is -0.372. The van der Waals surface area contributed by atoms with Gasteiger partial charge in [-0.05, 0) is 23.6 Å². The molecule has 1 aromatic carbocycles. The number of rotatable bonds is 3. The standard InChI is InChI=1S/C15H19N3O/c1-11(2)12-3-5-13(6-4-12)18-10-9-17-15(19)14(18)7-8-16/h3-6,11,14H,7,9-10H2,1-2H3,(H,17,19). The molecule has 4 nitrogen and oxygen atoms in total.